The lowest BCUT2D eigenvalue weighted by Crippen LogP contribution is -2.42. The number of nitrogens with zero attached hydrogens (tertiary/aromatic N) is 2. The van der Waals surface area contributed by atoms with E-state index < -0.39 is 0 Å². The second-order valence-corrected chi connectivity index (χ2v) is 5.26. The highest BCUT2D eigenvalue weighted by Gasteiger charge is 2.35. The highest BCUT2D eigenvalue weighted by Crippen LogP contribution is 2.27. The summed E-state index contributed by atoms with van der Waals surface area (Å²) in [6, 6.07) is 0.0396. The summed E-state index contributed by atoms with van der Waals surface area (Å²) in [6.45, 7) is 1.71. The summed E-state index contributed by atoms with van der Waals surface area (Å²) in [5, 5.41) is 9.78. The van der Waals surface area contributed by atoms with Crippen molar-refractivity contribution in [1.29, 1.82) is 0 Å². The number of aliphatic hydroxyl groups excluding tert-OH is 1. The molecule has 0 aromatic rings. The molecule has 2 aliphatic rings. The topological polar surface area (TPSA) is 43.8 Å². The van der Waals surface area contributed by atoms with Crippen LogP contribution >= 0.6 is 0 Å². The van der Waals surface area contributed by atoms with Gasteiger partial charge in [-0.1, -0.05) is 6.42 Å². The summed E-state index contributed by atoms with van der Waals surface area (Å²) in [6.07, 6.45) is 3.92. The van der Waals surface area contributed by atoms with Crippen LogP contribution in [0.2, 0.25) is 0 Å². The maximum atomic E-state index is 11.8. The molecule has 1 saturated heterocycles. The van der Waals surface area contributed by atoms with Crippen molar-refractivity contribution in [1.82, 2.24) is 9.80 Å². The molecule has 2 fully saturated rings. The van der Waals surface area contributed by atoms with Crippen molar-refractivity contribution in [3.05, 3.63) is 0 Å². The van der Waals surface area contributed by atoms with Crippen LogP contribution in [0.4, 0.5) is 0 Å². The minimum atomic E-state index is -0.156. The van der Waals surface area contributed by atoms with E-state index in [9.17, 15) is 9.90 Å². The Morgan fingerprint density at radius 1 is 1.44 bits per heavy atom. The standard InChI is InChI=1S/C12H22N2O2/c1-13-7-6-10(12(13)16)14(2)8-9-4-3-5-11(9)15/h9-11,15H,3-8H2,1-2H3. The molecule has 3 unspecified atom stereocenters. The second kappa shape index (κ2) is 4.72. The van der Waals surface area contributed by atoms with E-state index in [-0.39, 0.29) is 18.1 Å². The minimum Gasteiger partial charge on any atom is -0.393 e. The Balaban J connectivity index is 1.88. The van der Waals surface area contributed by atoms with E-state index in [1.54, 1.807) is 4.90 Å². The highest BCUT2D eigenvalue weighted by molar-refractivity contribution is 5.83. The molecule has 0 aromatic carbocycles. The third-order valence-corrected chi connectivity index (χ3v) is 4.07. The van der Waals surface area contributed by atoms with Gasteiger partial charge >= 0.3 is 0 Å². The Hall–Kier alpha value is -0.610. The fourth-order valence-electron chi connectivity index (χ4n) is 2.94. The molecule has 3 atom stereocenters. The fourth-order valence-corrected chi connectivity index (χ4v) is 2.94. The van der Waals surface area contributed by atoms with E-state index in [4.69, 9.17) is 0 Å². The van der Waals surface area contributed by atoms with Crippen LogP contribution in [0, 0.1) is 5.92 Å². The van der Waals surface area contributed by atoms with Crippen molar-refractivity contribution in [2.45, 2.75) is 37.8 Å². The quantitative estimate of drug-likeness (QED) is 0.753. The molecule has 0 bridgehead atoms. The zero-order valence-corrected chi connectivity index (χ0v) is 10.2. The van der Waals surface area contributed by atoms with E-state index >= 15 is 0 Å². The predicted octanol–water partition coefficient (Wildman–Crippen LogP) is 0.310. The van der Waals surface area contributed by atoms with Gasteiger partial charge in [-0.3, -0.25) is 9.69 Å². The number of amides is 1. The monoisotopic (exact) mass is 226 g/mol. The van der Waals surface area contributed by atoms with E-state index in [1.165, 1.54) is 0 Å². The Morgan fingerprint density at radius 2 is 2.19 bits per heavy atom. The van der Waals surface area contributed by atoms with Crippen LogP contribution in [0.5, 0.6) is 0 Å². The van der Waals surface area contributed by atoms with Gasteiger partial charge < -0.3 is 10.0 Å². The average molecular weight is 226 g/mol. The predicted molar refractivity (Wildman–Crippen MR) is 62.0 cm³/mol. The van der Waals surface area contributed by atoms with Gasteiger partial charge in [0.1, 0.15) is 0 Å². The lowest BCUT2D eigenvalue weighted by molar-refractivity contribution is -0.130. The third kappa shape index (κ3) is 2.23. The molecule has 92 valence electrons. The molecule has 1 N–H and O–H groups in total. The van der Waals surface area contributed by atoms with E-state index in [0.29, 0.717) is 5.92 Å². The molecule has 1 amide bonds. The van der Waals surface area contributed by atoms with Gasteiger partial charge in [0, 0.05) is 20.1 Å². The van der Waals surface area contributed by atoms with E-state index in [2.05, 4.69) is 4.90 Å². The van der Waals surface area contributed by atoms with Gasteiger partial charge in [-0.2, -0.15) is 0 Å². The lowest BCUT2D eigenvalue weighted by atomic mass is 10.0. The van der Waals surface area contributed by atoms with E-state index in [0.717, 1.165) is 38.8 Å². The van der Waals surface area contributed by atoms with Gasteiger partial charge in [-0.25, -0.2) is 0 Å². The summed E-state index contributed by atoms with van der Waals surface area (Å²) < 4.78 is 0. The van der Waals surface area contributed by atoms with Crippen molar-refractivity contribution in [3.8, 4) is 0 Å². The molecule has 0 radical (unpaired) electrons. The Labute approximate surface area is 97.2 Å². The van der Waals surface area contributed by atoms with E-state index in [1.807, 2.05) is 14.1 Å². The normalized spacial score (nSPS) is 35.4. The Bertz CT molecular complexity index is 270. The first kappa shape index (κ1) is 11.9. The summed E-state index contributed by atoms with van der Waals surface area (Å²) in [7, 11) is 3.87. The number of carbonyl (C=O) groups is 1. The number of hydrogen-bond acceptors (Lipinski definition) is 3. The van der Waals surface area contributed by atoms with Crippen LogP contribution in [-0.2, 0) is 4.79 Å². The molecular weight excluding hydrogens is 204 g/mol. The number of likely N-dealkylation sites (N-methyl/N-ethyl adjacent to an activating group) is 2. The van der Waals surface area contributed by atoms with Gasteiger partial charge in [0.05, 0.1) is 12.1 Å². The average Bonchev–Trinajstić information content (AvgIpc) is 2.77. The number of aliphatic hydroxyl groups is 1. The van der Waals surface area contributed by atoms with Crippen LogP contribution in [0.1, 0.15) is 25.7 Å². The molecule has 4 nitrogen and oxygen atoms in total. The van der Waals surface area contributed by atoms with Gasteiger partial charge in [-0.05, 0) is 32.2 Å². The second-order valence-electron chi connectivity index (χ2n) is 5.26. The molecule has 16 heavy (non-hydrogen) atoms. The van der Waals surface area contributed by atoms with Crippen molar-refractivity contribution in [2.75, 3.05) is 27.2 Å². The molecule has 1 saturated carbocycles. The van der Waals surface area contributed by atoms with Gasteiger partial charge in [0.25, 0.3) is 0 Å². The number of hydrogen-bond donors (Lipinski definition) is 1. The Kier molecular flexibility index (Phi) is 3.50. The minimum absolute atomic E-state index is 0.0396. The van der Waals surface area contributed by atoms with Gasteiger partial charge in [0.15, 0.2) is 0 Å². The van der Waals surface area contributed by atoms with Crippen molar-refractivity contribution in [3.63, 3.8) is 0 Å². The summed E-state index contributed by atoms with van der Waals surface area (Å²) in [5.41, 5.74) is 0. The lowest BCUT2D eigenvalue weighted by Gasteiger charge is -2.27. The molecule has 4 heteroatoms. The van der Waals surface area contributed by atoms with Crippen LogP contribution in [0.3, 0.4) is 0 Å². The zero-order chi connectivity index (χ0) is 11.7. The molecule has 0 aromatic heterocycles. The molecular formula is C12H22N2O2. The molecule has 1 heterocycles. The first-order valence-electron chi connectivity index (χ1n) is 6.23. The number of rotatable bonds is 3. The first-order chi connectivity index (χ1) is 7.59. The van der Waals surface area contributed by atoms with Gasteiger partial charge in [-0.15, -0.1) is 0 Å². The molecule has 0 spiro atoms. The van der Waals surface area contributed by atoms with Crippen LogP contribution in [0.15, 0.2) is 0 Å². The van der Waals surface area contributed by atoms with Crippen molar-refractivity contribution < 1.29 is 9.90 Å². The largest absolute Gasteiger partial charge is 0.393 e. The van der Waals surface area contributed by atoms with Crippen LogP contribution in [-0.4, -0.2) is 60.1 Å². The first-order valence-corrected chi connectivity index (χ1v) is 6.23. The fraction of sp³-hybridized carbons (Fsp3) is 0.917. The third-order valence-electron chi connectivity index (χ3n) is 4.07. The molecule has 1 aliphatic heterocycles. The van der Waals surface area contributed by atoms with Crippen molar-refractivity contribution in [2.24, 2.45) is 5.92 Å². The molecule has 1 aliphatic carbocycles. The summed E-state index contributed by atoms with van der Waals surface area (Å²) in [4.78, 5) is 15.8. The van der Waals surface area contributed by atoms with Crippen LogP contribution < -0.4 is 0 Å². The highest BCUT2D eigenvalue weighted by atomic mass is 16.3. The van der Waals surface area contributed by atoms with Gasteiger partial charge in [0.2, 0.25) is 5.91 Å². The maximum absolute atomic E-state index is 11.8. The smallest absolute Gasteiger partial charge is 0.239 e. The number of likely N-dealkylation sites (tertiary alicyclic amines) is 1. The molecule has 2 rings (SSSR count). The Morgan fingerprint density at radius 3 is 2.69 bits per heavy atom. The van der Waals surface area contributed by atoms with Crippen LogP contribution in [0.25, 0.3) is 0 Å². The number of carbonyl (C=O) groups excluding carboxylic acids is 1. The summed E-state index contributed by atoms with van der Waals surface area (Å²) >= 11 is 0. The summed E-state index contributed by atoms with van der Waals surface area (Å²) in [5.74, 6) is 0.596. The zero-order valence-electron chi connectivity index (χ0n) is 10.2. The van der Waals surface area contributed by atoms with Crippen molar-refractivity contribution >= 4 is 5.91 Å². The maximum Gasteiger partial charge on any atom is 0.239 e. The SMILES string of the molecule is CN1CCC(N(C)CC2CCCC2O)C1=O.